The van der Waals surface area contributed by atoms with Crippen LogP contribution in [0.3, 0.4) is 0 Å². The molecule has 0 fully saturated rings. The third-order valence-electron chi connectivity index (χ3n) is 6.63. The lowest BCUT2D eigenvalue weighted by Crippen LogP contribution is -2.16. The van der Waals surface area contributed by atoms with Crippen LogP contribution < -0.4 is 5.43 Å². The van der Waals surface area contributed by atoms with E-state index in [4.69, 9.17) is 9.47 Å². The van der Waals surface area contributed by atoms with Crippen LogP contribution in [-0.4, -0.2) is 25.2 Å². The van der Waals surface area contributed by atoms with Crippen LogP contribution in [0.1, 0.15) is 112 Å². The van der Waals surface area contributed by atoms with Crippen LogP contribution in [0.15, 0.2) is 41.2 Å². The van der Waals surface area contributed by atoms with Crippen molar-refractivity contribution in [1.82, 2.24) is 0 Å². The maximum atomic E-state index is 13.3. The Bertz CT molecular complexity index is 1230. The van der Waals surface area contributed by atoms with Crippen LogP contribution in [0, 0.1) is 0 Å². The van der Waals surface area contributed by atoms with Crippen LogP contribution >= 0.6 is 11.3 Å². The fourth-order valence-corrected chi connectivity index (χ4v) is 5.69. The molecule has 3 aromatic rings. The van der Waals surface area contributed by atoms with Gasteiger partial charge in [-0.05, 0) is 37.1 Å². The summed E-state index contributed by atoms with van der Waals surface area (Å²) in [6.07, 6.45) is 13.0. The quantitative estimate of drug-likeness (QED) is 0.107. The average Bonchev–Trinajstić information content (AvgIpc) is 2.91. The van der Waals surface area contributed by atoms with Crippen LogP contribution in [0.2, 0.25) is 0 Å². The summed E-state index contributed by atoms with van der Waals surface area (Å²) in [7, 11) is 0. The van der Waals surface area contributed by atoms with Crippen molar-refractivity contribution in [3.05, 3.63) is 57.7 Å². The number of benzene rings is 2. The largest absolute Gasteiger partial charge is 0.462 e. The molecule has 0 atom stereocenters. The average molecular weight is 525 g/mol. The Labute approximate surface area is 224 Å². The summed E-state index contributed by atoms with van der Waals surface area (Å²) in [5.41, 5.74) is 0.156. The van der Waals surface area contributed by atoms with Crippen molar-refractivity contribution >= 4 is 43.4 Å². The van der Waals surface area contributed by atoms with Crippen molar-refractivity contribution < 1.29 is 19.1 Å². The molecule has 5 nitrogen and oxygen atoms in total. The van der Waals surface area contributed by atoms with Crippen molar-refractivity contribution in [2.75, 3.05) is 13.2 Å². The van der Waals surface area contributed by atoms with E-state index in [2.05, 4.69) is 13.8 Å². The van der Waals surface area contributed by atoms with E-state index < -0.39 is 11.9 Å². The van der Waals surface area contributed by atoms with Gasteiger partial charge in [0.2, 0.25) is 0 Å². The molecule has 0 aliphatic rings. The van der Waals surface area contributed by atoms with Crippen LogP contribution in [-0.2, 0) is 9.47 Å². The van der Waals surface area contributed by atoms with Crippen molar-refractivity contribution in [2.45, 2.75) is 90.9 Å². The molecule has 0 saturated heterocycles. The van der Waals surface area contributed by atoms with E-state index in [1.165, 1.54) is 55.9 Å². The normalized spacial score (nSPS) is 11.2. The highest BCUT2D eigenvalue weighted by molar-refractivity contribution is 7.25. The Morgan fingerprint density at radius 2 is 1.24 bits per heavy atom. The summed E-state index contributed by atoms with van der Waals surface area (Å²) in [5.74, 6) is -1.12. The van der Waals surface area contributed by atoms with Crippen LogP contribution in [0.25, 0.3) is 20.2 Å². The second-order valence-electron chi connectivity index (χ2n) is 9.60. The lowest BCUT2D eigenvalue weighted by atomic mass is 10.0. The highest BCUT2D eigenvalue weighted by Crippen LogP contribution is 2.30. The number of carbonyl (C=O) groups excluding carboxylic acids is 2. The number of rotatable bonds is 16. The molecule has 0 aliphatic heterocycles. The van der Waals surface area contributed by atoms with E-state index in [0.29, 0.717) is 22.1 Å². The summed E-state index contributed by atoms with van der Waals surface area (Å²) in [6, 6.07) is 10.5. The summed E-state index contributed by atoms with van der Waals surface area (Å²) < 4.78 is 12.4. The first-order valence-electron chi connectivity index (χ1n) is 13.9. The highest BCUT2D eigenvalue weighted by atomic mass is 32.1. The van der Waals surface area contributed by atoms with E-state index in [0.717, 1.165) is 43.2 Å². The van der Waals surface area contributed by atoms with E-state index in [1.807, 2.05) is 18.2 Å². The fraction of sp³-hybridized carbons (Fsp3) is 0.516. The lowest BCUT2D eigenvalue weighted by molar-refractivity contribution is 0.0452. The summed E-state index contributed by atoms with van der Waals surface area (Å²) in [6.45, 7) is 4.96. The molecular weight excluding hydrogens is 484 g/mol. The molecular formula is C31H40O5S. The number of hydrogen-bond donors (Lipinski definition) is 0. The first kappa shape index (κ1) is 28.8. The molecule has 0 spiro atoms. The van der Waals surface area contributed by atoms with Gasteiger partial charge in [0, 0.05) is 15.5 Å². The molecule has 200 valence electrons. The number of hydrogen-bond acceptors (Lipinski definition) is 6. The minimum Gasteiger partial charge on any atom is -0.462 e. The molecule has 0 unspecified atom stereocenters. The Morgan fingerprint density at radius 1 is 0.676 bits per heavy atom. The van der Waals surface area contributed by atoms with Crippen molar-refractivity contribution in [1.29, 1.82) is 0 Å². The SMILES string of the molecule is CCCCCCCCOC(=O)c1ccc2c(=O)c3ccccc3sc2c1C(=O)OCCCCCCCC. The molecule has 0 amide bonds. The second-order valence-corrected chi connectivity index (χ2v) is 10.7. The van der Waals surface area contributed by atoms with E-state index >= 15 is 0 Å². The van der Waals surface area contributed by atoms with E-state index in [1.54, 1.807) is 12.1 Å². The van der Waals surface area contributed by atoms with Gasteiger partial charge in [0.15, 0.2) is 5.43 Å². The molecule has 1 aromatic heterocycles. The number of fused-ring (bicyclic) bond motifs is 2. The topological polar surface area (TPSA) is 69.7 Å². The summed E-state index contributed by atoms with van der Waals surface area (Å²) >= 11 is 1.34. The van der Waals surface area contributed by atoms with Gasteiger partial charge in [-0.1, -0.05) is 90.2 Å². The van der Waals surface area contributed by atoms with Crippen LogP contribution in [0.4, 0.5) is 0 Å². The number of carbonyl (C=O) groups is 2. The first-order chi connectivity index (χ1) is 18.1. The molecule has 0 aliphatic carbocycles. The van der Waals surface area contributed by atoms with E-state index in [9.17, 15) is 14.4 Å². The zero-order chi connectivity index (χ0) is 26.5. The van der Waals surface area contributed by atoms with Crippen molar-refractivity contribution in [3.8, 4) is 0 Å². The maximum Gasteiger partial charge on any atom is 0.340 e. The Hall–Kier alpha value is -2.73. The van der Waals surface area contributed by atoms with Gasteiger partial charge in [-0.3, -0.25) is 4.79 Å². The van der Waals surface area contributed by atoms with Gasteiger partial charge in [0.1, 0.15) is 0 Å². The third-order valence-corrected chi connectivity index (χ3v) is 7.84. The van der Waals surface area contributed by atoms with Crippen molar-refractivity contribution in [3.63, 3.8) is 0 Å². The summed E-state index contributed by atoms with van der Waals surface area (Å²) in [4.78, 5) is 39.6. The maximum absolute atomic E-state index is 13.3. The van der Waals surface area contributed by atoms with E-state index in [-0.39, 0.29) is 23.2 Å². The standard InChI is InChI=1S/C31H40O5S/c1-3-5-7-9-11-15-21-35-30(33)24-19-20-25-28(32)23-17-13-14-18-26(23)37-29(25)27(24)31(34)36-22-16-12-10-8-6-4-2/h13-14,17-20H,3-12,15-16,21-22H2,1-2H3. The van der Waals surface area contributed by atoms with Gasteiger partial charge in [-0.2, -0.15) is 0 Å². The number of unbranched alkanes of at least 4 members (excludes halogenated alkanes) is 10. The predicted octanol–water partition coefficient (Wildman–Crippen LogP) is 8.45. The number of esters is 2. The molecule has 0 radical (unpaired) electrons. The van der Waals surface area contributed by atoms with Gasteiger partial charge < -0.3 is 9.47 Å². The second kappa shape index (κ2) is 15.5. The smallest absolute Gasteiger partial charge is 0.340 e. The zero-order valence-electron chi connectivity index (χ0n) is 22.3. The fourth-order valence-electron chi connectivity index (χ4n) is 4.48. The zero-order valence-corrected chi connectivity index (χ0v) is 23.1. The minimum absolute atomic E-state index is 0.143. The minimum atomic E-state index is -0.573. The Balaban J connectivity index is 1.81. The molecule has 1 heterocycles. The first-order valence-corrected chi connectivity index (χ1v) is 14.7. The van der Waals surface area contributed by atoms with Gasteiger partial charge >= 0.3 is 11.9 Å². The van der Waals surface area contributed by atoms with Gasteiger partial charge in [0.05, 0.1) is 29.0 Å². The molecule has 3 rings (SSSR count). The number of ether oxygens (including phenoxy) is 2. The highest BCUT2D eigenvalue weighted by Gasteiger charge is 2.24. The monoisotopic (exact) mass is 524 g/mol. The molecule has 0 N–H and O–H groups in total. The molecule has 2 aromatic carbocycles. The van der Waals surface area contributed by atoms with Crippen LogP contribution in [0.5, 0.6) is 0 Å². The lowest BCUT2D eigenvalue weighted by Gasteiger charge is -2.13. The predicted molar refractivity (Wildman–Crippen MR) is 153 cm³/mol. The Morgan fingerprint density at radius 3 is 1.89 bits per heavy atom. The molecule has 0 saturated carbocycles. The molecule has 6 heteroatoms. The van der Waals surface area contributed by atoms with Crippen molar-refractivity contribution in [2.24, 2.45) is 0 Å². The molecule has 0 bridgehead atoms. The van der Waals surface area contributed by atoms with Gasteiger partial charge in [-0.25, -0.2) is 9.59 Å². The Kier molecular flexibility index (Phi) is 12.1. The molecule has 37 heavy (non-hydrogen) atoms. The summed E-state index contributed by atoms with van der Waals surface area (Å²) in [5, 5.41) is 1.02. The third kappa shape index (κ3) is 8.13. The van der Waals surface area contributed by atoms with Gasteiger partial charge in [0.25, 0.3) is 0 Å². The van der Waals surface area contributed by atoms with Gasteiger partial charge in [-0.15, -0.1) is 11.3 Å².